The predicted octanol–water partition coefficient (Wildman–Crippen LogP) is 4.64. The van der Waals surface area contributed by atoms with Gasteiger partial charge in [0.1, 0.15) is 0 Å². The van der Waals surface area contributed by atoms with Gasteiger partial charge in [0.05, 0.1) is 19.6 Å². The molecule has 0 aromatic heterocycles. The SMILES string of the molecule is C=C1c2cc(OC)c(OC)cc2CCN1C(=O)C12C[C@H]3C[C@@H](CC(Cl)(C3)C1)C2. The van der Waals surface area contributed by atoms with Crippen molar-refractivity contribution in [2.24, 2.45) is 17.3 Å². The molecule has 0 unspecified atom stereocenters. The van der Waals surface area contributed by atoms with Gasteiger partial charge >= 0.3 is 0 Å². The summed E-state index contributed by atoms with van der Waals surface area (Å²) in [6.07, 6.45) is 7.05. The average Bonchev–Trinajstić information content (AvgIpc) is 2.65. The lowest BCUT2D eigenvalue weighted by atomic mass is 9.49. The second kappa shape index (κ2) is 6.16. The molecule has 0 saturated heterocycles. The summed E-state index contributed by atoms with van der Waals surface area (Å²) in [4.78, 5) is 15.6. The van der Waals surface area contributed by atoms with Crippen molar-refractivity contribution in [3.8, 4) is 11.5 Å². The molecule has 0 radical (unpaired) electrons. The second-order valence-corrected chi connectivity index (χ2v) is 10.2. The maximum Gasteiger partial charge on any atom is 0.233 e. The normalized spacial score (nSPS) is 35.7. The first kappa shape index (κ1) is 18.4. The molecule has 5 aliphatic rings. The highest BCUT2D eigenvalue weighted by molar-refractivity contribution is 6.24. The van der Waals surface area contributed by atoms with Crippen LogP contribution in [0.5, 0.6) is 11.5 Å². The first-order chi connectivity index (χ1) is 13.4. The first-order valence-electron chi connectivity index (χ1n) is 10.3. The standard InChI is InChI=1S/C23H28ClNO3/c1-14-18-8-20(28-3)19(27-2)7-17(18)4-5-25(14)21(26)22-9-15-6-16(10-22)12-23(24,11-15)13-22/h7-8,15-16H,1,4-6,9-13H2,2-3H3/t15-,16-,22?,23?/m1/s1. The Morgan fingerprint density at radius 3 is 2.39 bits per heavy atom. The number of fused-ring (bicyclic) bond motifs is 1. The number of alkyl halides is 1. The van der Waals surface area contributed by atoms with E-state index in [1.807, 2.05) is 17.0 Å². The van der Waals surface area contributed by atoms with Crippen LogP contribution in [0.4, 0.5) is 0 Å². The molecule has 4 saturated carbocycles. The quantitative estimate of drug-likeness (QED) is 0.693. The van der Waals surface area contributed by atoms with Gasteiger partial charge in [-0.2, -0.15) is 0 Å². The maximum atomic E-state index is 13.8. The Bertz CT molecular complexity index is 850. The van der Waals surface area contributed by atoms with E-state index >= 15 is 0 Å². The van der Waals surface area contributed by atoms with Gasteiger partial charge in [-0.25, -0.2) is 0 Å². The minimum Gasteiger partial charge on any atom is -0.493 e. The molecule has 0 N–H and O–H groups in total. The zero-order valence-electron chi connectivity index (χ0n) is 16.7. The van der Waals surface area contributed by atoms with Crippen LogP contribution in [0.2, 0.25) is 0 Å². The maximum absolute atomic E-state index is 13.8. The minimum atomic E-state index is -0.289. The second-order valence-electron chi connectivity index (χ2n) is 9.41. The van der Waals surface area contributed by atoms with E-state index in [9.17, 15) is 4.79 Å². The van der Waals surface area contributed by atoms with Gasteiger partial charge in [-0.3, -0.25) is 4.79 Å². The number of rotatable bonds is 3. The summed E-state index contributed by atoms with van der Waals surface area (Å²) in [5.74, 6) is 2.86. The van der Waals surface area contributed by atoms with Crippen LogP contribution < -0.4 is 9.47 Å². The van der Waals surface area contributed by atoms with Gasteiger partial charge < -0.3 is 14.4 Å². The Morgan fingerprint density at radius 2 is 1.79 bits per heavy atom. The van der Waals surface area contributed by atoms with Gasteiger partial charge in [0.15, 0.2) is 11.5 Å². The summed E-state index contributed by atoms with van der Waals surface area (Å²) in [7, 11) is 3.28. The summed E-state index contributed by atoms with van der Waals surface area (Å²) in [5, 5.41) is 0. The Hall–Kier alpha value is -1.68. The lowest BCUT2D eigenvalue weighted by Gasteiger charge is -2.60. The summed E-state index contributed by atoms with van der Waals surface area (Å²) < 4.78 is 10.9. The van der Waals surface area contributed by atoms with E-state index in [1.54, 1.807) is 14.2 Å². The molecular formula is C23H28ClNO3. The third-order valence-electron chi connectivity index (χ3n) is 7.54. The van der Waals surface area contributed by atoms with Crippen LogP contribution in [-0.4, -0.2) is 36.4 Å². The molecule has 0 spiro atoms. The highest BCUT2D eigenvalue weighted by Gasteiger charge is 2.61. The number of nitrogens with zero attached hydrogens (tertiary/aromatic N) is 1. The molecule has 2 atom stereocenters. The van der Waals surface area contributed by atoms with Crippen LogP contribution in [0.15, 0.2) is 18.7 Å². The fourth-order valence-electron chi connectivity index (χ4n) is 6.82. The van der Waals surface area contributed by atoms with E-state index in [0.29, 0.717) is 24.1 Å². The van der Waals surface area contributed by atoms with Gasteiger partial charge in [-0.1, -0.05) is 6.58 Å². The summed E-state index contributed by atoms with van der Waals surface area (Å²) in [6, 6.07) is 3.97. The van der Waals surface area contributed by atoms with Crippen LogP contribution in [-0.2, 0) is 11.2 Å². The van der Waals surface area contributed by atoms with Crippen molar-refractivity contribution in [2.45, 2.75) is 49.8 Å². The van der Waals surface area contributed by atoms with Crippen molar-refractivity contribution in [3.05, 3.63) is 29.8 Å². The molecule has 4 fully saturated rings. The monoisotopic (exact) mass is 401 g/mol. The van der Waals surface area contributed by atoms with Crippen molar-refractivity contribution in [2.75, 3.05) is 20.8 Å². The fraction of sp³-hybridized carbons (Fsp3) is 0.609. The summed E-state index contributed by atoms with van der Waals surface area (Å²) >= 11 is 6.97. The number of carbonyl (C=O) groups excluding carboxylic acids is 1. The number of ether oxygens (including phenoxy) is 2. The molecule has 4 bridgehead atoms. The number of benzene rings is 1. The number of amides is 1. The number of carbonyl (C=O) groups is 1. The van der Waals surface area contributed by atoms with E-state index in [1.165, 1.54) is 6.42 Å². The first-order valence-corrected chi connectivity index (χ1v) is 10.7. The molecule has 1 heterocycles. The summed E-state index contributed by atoms with van der Waals surface area (Å²) in [6.45, 7) is 4.98. The molecule has 1 aromatic rings. The molecular weight excluding hydrogens is 374 g/mol. The van der Waals surface area contributed by atoms with E-state index in [4.69, 9.17) is 21.1 Å². The van der Waals surface area contributed by atoms with Crippen LogP contribution in [0.1, 0.15) is 49.7 Å². The molecule has 5 heteroatoms. The van der Waals surface area contributed by atoms with Crippen LogP contribution >= 0.6 is 11.6 Å². The lowest BCUT2D eigenvalue weighted by molar-refractivity contribution is -0.152. The minimum absolute atomic E-state index is 0.161. The van der Waals surface area contributed by atoms with Gasteiger partial charge in [0.2, 0.25) is 5.91 Å². The highest BCUT2D eigenvalue weighted by Crippen LogP contribution is 2.64. The Labute approximate surface area is 171 Å². The van der Waals surface area contributed by atoms with Crippen LogP contribution in [0, 0.1) is 17.3 Å². The third-order valence-corrected chi connectivity index (χ3v) is 7.98. The topological polar surface area (TPSA) is 38.8 Å². The Kier molecular flexibility index (Phi) is 4.04. The highest BCUT2D eigenvalue weighted by atomic mass is 35.5. The van der Waals surface area contributed by atoms with Gasteiger partial charge in [0.25, 0.3) is 0 Å². The smallest absolute Gasteiger partial charge is 0.233 e. The Morgan fingerprint density at radius 1 is 1.14 bits per heavy atom. The van der Waals surface area contributed by atoms with Gasteiger partial charge in [-0.05, 0) is 74.5 Å². The Balaban J connectivity index is 1.47. The molecule has 1 aromatic carbocycles. The zero-order valence-corrected chi connectivity index (χ0v) is 17.5. The predicted molar refractivity (Wildman–Crippen MR) is 110 cm³/mol. The fourth-order valence-corrected chi connectivity index (χ4v) is 7.51. The van der Waals surface area contributed by atoms with E-state index in [2.05, 4.69) is 6.58 Å². The number of hydrogen-bond donors (Lipinski definition) is 0. The largest absolute Gasteiger partial charge is 0.493 e. The number of hydrogen-bond acceptors (Lipinski definition) is 3. The molecule has 4 nitrogen and oxygen atoms in total. The van der Waals surface area contributed by atoms with E-state index in [0.717, 1.165) is 61.1 Å². The average molecular weight is 402 g/mol. The van der Waals surface area contributed by atoms with Crippen molar-refractivity contribution in [1.29, 1.82) is 0 Å². The molecule has 150 valence electrons. The summed E-state index contributed by atoms with van der Waals surface area (Å²) in [5.41, 5.74) is 2.64. The van der Waals surface area contributed by atoms with Crippen molar-refractivity contribution < 1.29 is 14.3 Å². The van der Waals surface area contributed by atoms with Crippen molar-refractivity contribution in [1.82, 2.24) is 4.90 Å². The van der Waals surface area contributed by atoms with E-state index < -0.39 is 0 Å². The van der Waals surface area contributed by atoms with Crippen LogP contribution in [0.3, 0.4) is 0 Å². The number of methoxy groups -OCH3 is 2. The van der Waals surface area contributed by atoms with Crippen LogP contribution in [0.25, 0.3) is 5.70 Å². The van der Waals surface area contributed by atoms with Crippen molar-refractivity contribution in [3.63, 3.8) is 0 Å². The zero-order chi connectivity index (χ0) is 19.7. The molecule has 4 aliphatic carbocycles. The van der Waals surface area contributed by atoms with Crippen molar-refractivity contribution >= 4 is 23.2 Å². The molecule has 6 rings (SSSR count). The van der Waals surface area contributed by atoms with E-state index in [-0.39, 0.29) is 16.2 Å². The van der Waals surface area contributed by atoms with Gasteiger partial charge in [0, 0.05) is 22.7 Å². The molecule has 1 aliphatic heterocycles. The lowest BCUT2D eigenvalue weighted by Crippen LogP contribution is -2.59. The third kappa shape index (κ3) is 2.60. The van der Waals surface area contributed by atoms with Gasteiger partial charge in [-0.15, -0.1) is 11.6 Å². The molecule has 1 amide bonds. The molecule has 28 heavy (non-hydrogen) atoms. The number of halogens is 1.